The van der Waals surface area contributed by atoms with Gasteiger partial charge in [-0.25, -0.2) is 30.9 Å². The van der Waals surface area contributed by atoms with Crippen LogP contribution in [-0.2, 0) is 46.6 Å². The molecule has 3 heteroatoms. The van der Waals surface area contributed by atoms with Gasteiger partial charge in [-0.1, -0.05) is 0 Å². The van der Waals surface area contributed by atoms with Gasteiger partial charge in [0.25, 0.3) is 0 Å². The van der Waals surface area contributed by atoms with E-state index in [1.165, 1.54) is 0 Å². The van der Waals surface area contributed by atoms with Crippen molar-refractivity contribution in [2.75, 3.05) is 0 Å². The monoisotopic (exact) mass is 593 g/mol. The van der Waals surface area contributed by atoms with Gasteiger partial charge in [0.1, 0.15) is 0 Å². The minimum Gasteiger partial charge on any atom is -0.999 e. The molecule has 1 N–H and O–H groups in total. The molecule has 4 aromatic carbocycles. The van der Waals surface area contributed by atoms with Crippen LogP contribution in [-0.4, -0.2) is 5.11 Å². The smallest absolute Gasteiger partial charge is 0 e. The predicted molar refractivity (Wildman–Crippen MR) is 102 cm³/mol. The van der Waals surface area contributed by atoms with Crippen LogP contribution in [0.2, 0.25) is 0 Å². The Morgan fingerprint density at radius 3 is 1.12 bits per heavy atom. The molecule has 0 aliphatic carbocycles. The van der Waals surface area contributed by atoms with Crippen molar-refractivity contribution in [2.24, 2.45) is 0 Å². The third-order valence-electron chi connectivity index (χ3n) is 2.02. The summed E-state index contributed by atoms with van der Waals surface area (Å²) in [6, 6.07) is 42.0. The molecule has 1 nitrogen and oxygen atoms in total. The molecule has 0 aliphatic heterocycles. The number of hydrogen-bond donors (Lipinski definition) is 1. The summed E-state index contributed by atoms with van der Waals surface area (Å²) in [5.74, 6) is 0. The summed E-state index contributed by atoms with van der Waals surface area (Å²) >= 11 is 0. The number of aliphatic hydroxyl groups is 1. The van der Waals surface area contributed by atoms with Gasteiger partial charge in [-0.2, -0.15) is 43.3 Å². The van der Waals surface area contributed by atoms with Gasteiger partial charge in [-0.15, -0.1) is 0 Å². The van der Waals surface area contributed by atoms with Crippen molar-refractivity contribution in [1.82, 2.24) is 0 Å². The second-order valence-electron chi connectivity index (χ2n) is 3.83. The molecule has 0 heterocycles. The fourth-order valence-corrected chi connectivity index (χ4v) is 1.14. The molecule has 0 atom stereocenters. The first-order valence-electron chi connectivity index (χ1n) is 7.16. The first-order valence-corrected chi connectivity index (χ1v) is 7.16. The molecule has 0 saturated carbocycles. The minimum atomic E-state index is 0. The topological polar surface area (TPSA) is 20.2 Å². The van der Waals surface area contributed by atoms with Crippen molar-refractivity contribution in [3.8, 4) is 0 Å². The molecule has 0 amide bonds. The summed E-state index contributed by atoms with van der Waals surface area (Å²) in [6.07, 6.45) is 0. The van der Waals surface area contributed by atoms with Crippen LogP contribution >= 0.6 is 0 Å². The van der Waals surface area contributed by atoms with Crippen molar-refractivity contribution in [1.29, 1.82) is 0 Å². The van der Waals surface area contributed by atoms with E-state index < -0.39 is 0 Å². The van der Waals surface area contributed by atoms with Crippen LogP contribution in [0.1, 0.15) is 6.92 Å². The van der Waals surface area contributed by atoms with Crippen LogP contribution in [0.25, 0.3) is 0 Å². The Hall–Kier alpha value is -1.09. The molecule has 0 saturated heterocycles. The Morgan fingerprint density at radius 1 is 0.731 bits per heavy atom. The largest absolute Gasteiger partial charge is 0.999 e. The van der Waals surface area contributed by atoms with E-state index in [9.17, 15) is 0 Å². The maximum Gasteiger partial charge on any atom is 0 e. The maximum absolute atomic E-state index is 7.44. The Balaban J connectivity index is -0.000000114. The standard InChI is InChI=1S/3C5H5.C5H.C2H5O.CH3.Re.Zr/c4*1-2-4-5-3-1;1-2-3;;;/h3*1-5H;1H;2-3H,1H3;1H3;;/q-5;2*-1;-5;2*-1;;. The third kappa shape index (κ3) is 30.8. The molecule has 0 fully saturated rings. The second-order valence-corrected chi connectivity index (χ2v) is 3.83. The summed E-state index contributed by atoms with van der Waals surface area (Å²) in [5.41, 5.74) is 0. The minimum absolute atomic E-state index is 0. The average Bonchev–Trinajstić information content (AvgIpc) is 3.47. The summed E-state index contributed by atoms with van der Waals surface area (Å²) in [4.78, 5) is 0. The maximum atomic E-state index is 7.44. The van der Waals surface area contributed by atoms with E-state index >= 15 is 0 Å². The van der Waals surface area contributed by atoms with Crippen LogP contribution in [0.3, 0.4) is 0 Å². The van der Waals surface area contributed by atoms with Crippen molar-refractivity contribution in [3.63, 3.8) is 0 Å². The van der Waals surface area contributed by atoms with E-state index in [-0.39, 0.29) is 54.1 Å². The van der Waals surface area contributed by atoms with Gasteiger partial charge in [-0.05, 0) is 0 Å². The summed E-state index contributed by atoms with van der Waals surface area (Å²) in [5, 5.41) is 7.44. The molecule has 0 spiro atoms. The van der Waals surface area contributed by atoms with Gasteiger partial charge in [0.05, 0.1) is 0 Å². The summed E-state index contributed by atoms with van der Waals surface area (Å²) < 4.78 is 0. The van der Waals surface area contributed by atoms with E-state index in [4.69, 9.17) is 5.11 Å². The first-order chi connectivity index (χ1) is 11.4. The van der Waals surface area contributed by atoms with Crippen molar-refractivity contribution in [2.45, 2.75) is 6.92 Å². The Labute approximate surface area is 193 Å². The van der Waals surface area contributed by atoms with Crippen molar-refractivity contribution in [3.05, 3.63) is 135 Å². The second kappa shape index (κ2) is 31.7. The van der Waals surface area contributed by atoms with E-state index in [0.717, 1.165) is 6.61 Å². The molecule has 0 bridgehead atoms. The first kappa shape index (κ1) is 32.6. The number of hydrogen-bond acceptors (Lipinski definition) is 1. The Bertz CT molecular complexity index is 364. The number of rotatable bonds is 0. The Kier molecular flexibility index (Phi) is 39.6. The molecule has 147 valence electrons. The van der Waals surface area contributed by atoms with Gasteiger partial charge >= 0.3 is 0 Å². The van der Waals surface area contributed by atoms with Crippen molar-refractivity contribution < 1.29 is 51.7 Å². The number of aliphatic hydroxyl groups excluding tert-OH is 1. The molecule has 0 aliphatic rings. The molecule has 4 aromatic rings. The zero-order valence-electron chi connectivity index (χ0n) is 15.1. The predicted octanol–water partition coefficient (Wildman–Crippen LogP) is 5.81. The third-order valence-corrected chi connectivity index (χ3v) is 2.02. The van der Waals surface area contributed by atoms with E-state index in [1.54, 1.807) is 13.0 Å². The molecule has 0 aromatic heterocycles. The van der Waals surface area contributed by atoms with Crippen LogP contribution in [0.5, 0.6) is 0 Å². The van der Waals surface area contributed by atoms with Gasteiger partial charge < -0.3 is 73.2 Å². The van der Waals surface area contributed by atoms with Crippen LogP contribution in [0, 0.1) is 38.3 Å². The van der Waals surface area contributed by atoms with Gasteiger partial charge in [0.15, 0.2) is 0 Å². The van der Waals surface area contributed by atoms with E-state index in [1.807, 2.05) is 91.0 Å². The van der Waals surface area contributed by atoms with Gasteiger partial charge in [-0.3, -0.25) is 0 Å². The quantitative estimate of drug-likeness (QED) is 0.255. The van der Waals surface area contributed by atoms with Crippen LogP contribution in [0.15, 0.2) is 97.1 Å². The zero-order valence-corrected chi connectivity index (χ0v) is 20.3. The Morgan fingerprint density at radius 2 is 1.00 bits per heavy atom. The summed E-state index contributed by atoms with van der Waals surface area (Å²) in [6.45, 7) is 2.56. The normalized spacial score (nSPS) is 6.85. The van der Waals surface area contributed by atoms with E-state index in [2.05, 4.69) is 24.3 Å². The van der Waals surface area contributed by atoms with E-state index in [0.29, 0.717) is 0 Å². The van der Waals surface area contributed by atoms with Crippen molar-refractivity contribution >= 4 is 0 Å². The van der Waals surface area contributed by atoms with Crippen LogP contribution < -0.4 is 0 Å². The fourth-order valence-electron chi connectivity index (χ4n) is 1.14. The molecule has 4 rings (SSSR count). The molecular weight excluding hydrogens is 570 g/mol. The molecular formula is C23H24OReZr-14. The van der Waals surface area contributed by atoms with Gasteiger partial charge in [0, 0.05) is 46.6 Å². The molecule has 1 radical (unpaired) electrons. The summed E-state index contributed by atoms with van der Waals surface area (Å²) in [7, 11) is 0. The molecule has 0 unspecified atom stereocenters. The van der Waals surface area contributed by atoms with Gasteiger partial charge in [0.2, 0.25) is 0 Å². The zero-order chi connectivity index (χ0) is 16.8. The SMILES string of the molecule is C[CH-]O.[CH3-].[Re].[Zr].[c-]1[c-][c-][cH-][c-]1.[cH-]1[cH-][cH-][cH-][cH-]1.c1cc[cH-]c1.c1cc[cH-]c1. The molecule has 26 heavy (non-hydrogen) atoms. The average molecular weight is 594 g/mol. The fraction of sp³-hybridized carbons (Fsp3) is 0.0435. The van der Waals surface area contributed by atoms with Crippen LogP contribution in [0.4, 0.5) is 0 Å².